The van der Waals surface area contributed by atoms with Gasteiger partial charge in [-0.2, -0.15) is 0 Å². The molecule has 0 radical (unpaired) electrons. The molecule has 0 bridgehead atoms. The Morgan fingerprint density at radius 3 is 2.83 bits per heavy atom. The molecule has 6 heteroatoms. The fourth-order valence-electron chi connectivity index (χ4n) is 3.08. The maximum absolute atomic E-state index is 13.5. The molecule has 0 heterocycles. The number of halogens is 1. The Kier molecular flexibility index (Phi) is 6.04. The average Bonchev–Trinajstić information content (AvgIpc) is 2.49. The van der Waals surface area contributed by atoms with E-state index >= 15 is 0 Å². The van der Waals surface area contributed by atoms with Crippen LogP contribution in [-0.2, 0) is 9.59 Å². The van der Waals surface area contributed by atoms with Gasteiger partial charge in [-0.3, -0.25) is 9.59 Å². The molecule has 0 aromatic heterocycles. The summed E-state index contributed by atoms with van der Waals surface area (Å²) in [6.45, 7) is 1.81. The first-order valence-electron chi connectivity index (χ1n) is 7.83. The molecule has 1 amide bonds. The van der Waals surface area contributed by atoms with Crippen LogP contribution in [0.25, 0.3) is 0 Å². The predicted octanol–water partition coefficient (Wildman–Crippen LogP) is 3.46. The van der Waals surface area contributed by atoms with E-state index in [4.69, 9.17) is 0 Å². The zero-order chi connectivity index (χ0) is 16.9. The van der Waals surface area contributed by atoms with Crippen LogP contribution in [0.1, 0.15) is 39.0 Å². The van der Waals surface area contributed by atoms with Crippen LogP contribution in [0.2, 0.25) is 0 Å². The number of amides is 1. The van der Waals surface area contributed by atoms with Crippen molar-refractivity contribution in [3.05, 3.63) is 30.1 Å². The molecule has 1 fully saturated rings. The number of thioether (sulfide) groups is 1. The normalized spacial score (nSPS) is 24.2. The summed E-state index contributed by atoms with van der Waals surface area (Å²) >= 11 is 1.29. The van der Waals surface area contributed by atoms with E-state index in [1.165, 1.54) is 17.8 Å². The summed E-state index contributed by atoms with van der Waals surface area (Å²) in [7, 11) is 0. The van der Waals surface area contributed by atoms with Crippen LogP contribution < -0.4 is 5.32 Å². The van der Waals surface area contributed by atoms with Crippen LogP contribution in [0.15, 0.2) is 29.2 Å². The van der Waals surface area contributed by atoms with Crippen LogP contribution >= 0.6 is 11.8 Å². The lowest BCUT2D eigenvalue weighted by Gasteiger charge is -2.39. The Morgan fingerprint density at radius 2 is 2.13 bits per heavy atom. The SMILES string of the molecule is CC1(NC(=O)CCSc2ccccc2F)CCCCC1C(=O)O. The molecule has 2 atom stereocenters. The van der Waals surface area contributed by atoms with Gasteiger partial charge in [0.25, 0.3) is 0 Å². The maximum atomic E-state index is 13.5. The minimum Gasteiger partial charge on any atom is -0.481 e. The summed E-state index contributed by atoms with van der Waals surface area (Å²) in [5, 5.41) is 12.2. The summed E-state index contributed by atoms with van der Waals surface area (Å²) in [6, 6.07) is 6.46. The van der Waals surface area contributed by atoms with Gasteiger partial charge in [-0.15, -0.1) is 11.8 Å². The van der Waals surface area contributed by atoms with Gasteiger partial charge in [0.1, 0.15) is 5.82 Å². The van der Waals surface area contributed by atoms with Crippen molar-refractivity contribution in [2.24, 2.45) is 5.92 Å². The number of benzene rings is 1. The second-order valence-corrected chi connectivity index (χ2v) is 7.27. The topological polar surface area (TPSA) is 66.4 Å². The molecule has 1 aliphatic carbocycles. The zero-order valence-electron chi connectivity index (χ0n) is 13.2. The average molecular weight is 339 g/mol. The van der Waals surface area contributed by atoms with Crippen LogP contribution in [0, 0.1) is 11.7 Å². The van der Waals surface area contributed by atoms with Crippen molar-refractivity contribution in [1.29, 1.82) is 0 Å². The van der Waals surface area contributed by atoms with Crippen molar-refractivity contribution in [2.75, 3.05) is 5.75 Å². The highest BCUT2D eigenvalue weighted by atomic mass is 32.2. The molecule has 0 aliphatic heterocycles. The van der Waals surface area contributed by atoms with Crippen molar-refractivity contribution in [1.82, 2.24) is 5.32 Å². The highest BCUT2D eigenvalue weighted by molar-refractivity contribution is 7.99. The Labute approximate surface area is 139 Å². The van der Waals surface area contributed by atoms with Gasteiger partial charge < -0.3 is 10.4 Å². The number of aliphatic carboxylic acids is 1. The lowest BCUT2D eigenvalue weighted by Crippen LogP contribution is -2.55. The number of hydrogen-bond acceptors (Lipinski definition) is 3. The molecule has 126 valence electrons. The van der Waals surface area contributed by atoms with Gasteiger partial charge in [-0.25, -0.2) is 4.39 Å². The van der Waals surface area contributed by atoms with E-state index in [2.05, 4.69) is 5.32 Å². The molecule has 2 unspecified atom stereocenters. The van der Waals surface area contributed by atoms with Crippen LogP contribution in [-0.4, -0.2) is 28.3 Å². The van der Waals surface area contributed by atoms with Gasteiger partial charge in [-0.1, -0.05) is 25.0 Å². The molecule has 0 saturated heterocycles. The number of carbonyl (C=O) groups excluding carboxylic acids is 1. The van der Waals surface area contributed by atoms with Crippen molar-refractivity contribution >= 4 is 23.6 Å². The number of rotatable bonds is 6. The van der Waals surface area contributed by atoms with E-state index in [0.717, 1.165) is 12.8 Å². The molecule has 1 saturated carbocycles. The zero-order valence-corrected chi connectivity index (χ0v) is 14.0. The fraction of sp³-hybridized carbons (Fsp3) is 0.529. The lowest BCUT2D eigenvalue weighted by molar-refractivity contribution is -0.146. The van der Waals surface area contributed by atoms with Crippen molar-refractivity contribution in [3.63, 3.8) is 0 Å². The standard InChI is InChI=1S/C17H22FNO3S/c1-17(10-5-4-6-12(17)16(21)22)19-15(20)9-11-23-14-8-3-2-7-13(14)18/h2-3,7-8,12H,4-6,9-11H2,1H3,(H,19,20)(H,21,22). The molecule has 1 aliphatic rings. The van der Waals surface area contributed by atoms with Gasteiger partial charge in [0.15, 0.2) is 0 Å². The smallest absolute Gasteiger partial charge is 0.308 e. The molecule has 23 heavy (non-hydrogen) atoms. The first kappa shape index (κ1) is 17.8. The minimum absolute atomic E-state index is 0.176. The number of carbonyl (C=O) groups is 2. The minimum atomic E-state index is -0.853. The Bertz CT molecular complexity index is 581. The Hall–Kier alpha value is -1.56. The van der Waals surface area contributed by atoms with Crippen LogP contribution in [0.5, 0.6) is 0 Å². The van der Waals surface area contributed by atoms with Crippen molar-refractivity contribution in [2.45, 2.75) is 49.5 Å². The van der Waals surface area contributed by atoms with Gasteiger partial charge in [0, 0.05) is 17.1 Å². The molecule has 2 rings (SSSR count). The molecule has 1 aromatic rings. The first-order chi connectivity index (χ1) is 10.9. The van der Waals surface area contributed by atoms with E-state index in [0.29, 0.717) is 23.5 Å². The second-order valence-electron chi connectivity index (χ2n) is 6.13. The van der Waals surface area contributed by atoms with E-state index in [9.17, 15) is 19.1 Å². The van der Waals surface area contributed by atoms with E-state index < -0.39 is 17.4 Å². The van der Waals surface area contributed by atoms with Crippen molar-refractivity contribution in [3.8, 4) is 0 Å². The molecule has 4 nitrogen and oxygen atoms in total. The summed E-state index contributed by atoms with van der Waals surface area (Å²) in [6.07, 6.45) is 3.31. The van der Waals surface area contributed by atoms with E-state index in [-0.39, 0.29) is 18.1 Å². The molecule has 0 spiro atoms. The number of hydrogen-bond donors (Lipinski definition) is 2. The summed E-state index contributed by atoms with van der Waals surface area (Å²) < 4.78 is 13.5. The van der Waals surface area contributed by atoms with Gasteiger partial charge in [-0.05, 0) is 31.9 Å². The first-order valence-corrected chi connectivity index (χ1v) is 8.82. The molecule has 1 aromatic carbocycles. The molecule has 2 N–H and O–H groups in total. The summed E-state index contributed by atoms with van der Waals surface area (Å²) in [5.74, 6) is -1.40. The summed E-state index contributed by atoms with van der Waals surface area (Å²) in [5.41, 5.74) is -0.691. The Balaban J connectivity index is 1.86. The van der Waals surface area contributed by atoms with Gasteiger partial charge in [0.05, 0.1) is 11.5 Å². The van der Waals surface area contributed by atoms with Gasteiger partial charge >= 0.3 is 5.97 Å². The lowest BCUT2D eigenvalue weighted by atomic mass is 9.74. The third-order valence-electron chi connectivity index (χ3n) is 4.35. The van der Waals surface area contributed by atoms with Crippen LogP contribution in [0.4, 0.5) is 4.39 Å². The highest BCUT2D eigenvalue weighted by Crippen LogP contribution is 2.34. The Morgan fingerprint density at radius 1 is 1.39 bits per heavy atom. The van der Waals surface area contributed by atoms with Gasteiger partial charge in [0.2, 0.25) is 5.91 Å². The van der Waals surface area contributed by atoms with E-state index in [1.54, 1.807) is 18.2 Å². The number of carboxylic acids is 1. The number of nitrogens with one attached hydrogen (secondary N) is 1. The third-order valence-corrected chi connectivity index (χ3v) is 5.40. The van der Waals surface area contributed by atoms with E-state index in [1.807, 2.05) is 6.92 Å². The van der Waals surface area contributed by atoms with Crippen molar-refractivity contribution < 1.29 is 19.1 Å². The second kappa shape index (κ2) is 7.81. The molecular weight excluding hydrogens is 317 g/mol. The summed E-state index contributed by atoms with van der Waals surface area (Å²) in [4.78, 5) is 24.1. The fourth-order valence-corrected chi connectivity index (χ4v) is 3.96. The van der Waals surface area contributed by atoms with Crippen LogP contribution in [0.3, 0.4) is 0 Å². The maximum Gasteiger partial charge on any atom is 0.308 e. The highest BCUT2D eigenvalue weighted by Gasteiger charge is 2.41. The largest absolute Gasteiger partial charge is 0.481 e. The number of carboxylic acid groups (broad SMARTS) is 1. The quantitative estimate of drug-likeness (QED) is 0.779. The monoisotopic (exact) mass is 339 g/mol. The molecular formula is C17H22FNO3S. The third kappa shape index (κ3) is 4.70. The predicted molar refractivity (Wildman–Crippen MR) is 87.9 cm³/mol.